The van der Waals surface area contributed by atoms with Gasteiger partial charge in [-0.05, 0) is 24.8 Å². The van der Waals surface area contributed by atoms with Crippen molar-refractivity contribution in [1.29, 1.82) is 0 Å². The maximum atomic E-state index is 6.28. The van der Waals surface area contributed by atoms with Crippen molar-refractivity contribution in [1.82, 2.24) is 9.78 Å². The van der Waals surface area contributed by atoms with E-state index in [1.54, 1.807) is 0 Å². The highest BCUT2D eigenvalue weighted by atomic mass is 15.3. The smallest absolute Gasteiger partial charge is 0.129 e. The van der Waals surface area contributed by atoms with E-state index in [0.29, 0.717) is 0 Å². The first-order chi connectivity index (χ1) is 10.1. The normalized spacial score (nSPS) is 16.3. The van der Waals surface area contributed by atoms with Crippen molar-refractivity contribution in [2.24, 2.45) is 13.0 Å². The standard InChI is InChI=1S/C18H25N3/c1-13-8-10-15(11-9-13)17-16(20-21(2)18(17)19)12-14-6-4-3-5-7-14/h8-11,14H,3-7,12,19H2,1-2H3. The minimum atomic E-state index is 0.775. The minimum absolute atomic E-state index is 0.775. The van der Waals surface area contributed by atoms with Crippen LogP contribution in [0.3, 0.4) is 0 Å². The van der Waals surface area contributed by atoms with Gasteiger partial charge in [-0.1, -0.05) is 61.9 Å². The molecule has 1 aromatic heterocycles. The number of aryl methyl sites for hydroxylation is 2. The minimum Gasteiger partial charge on any atom is -0.383 e. The summed E-state index contributed by atoms with van der Waals surface area (Å²) in [6.07, 6.45) is 7.87. The van der Waals surface area contributed by atoms with Gasteiger partial charge in [0.25, 0.3) is 0 Å². The number of benzene rings is 1. The van der Waals surface area contributed by atoms with Crippen LogP contribution in [-0.4, -0.2) is 9.78 Å². The van der Waals surface area contributed by atoms with Crippen molar-refractivity contribution < 1.29 is 0 Å². The first-order valence-electron chi connectivity index (χ1n) is 8.03. The number of anilines is 1. The lowest BCUT2D eigenvalue weighted by molar-refractivity contribution is 0.354. The van der Waals surface area contributed by atoms with Crippen LogP contribution in [0.5, 0.6) is 0 Å². The predicted molar refractivity (Wildman–Crippen MR) is 88.1 cm³/mol. The summed E-state index contributed by atoms with van der Waals surface area (Å²) in [6.45, 7) is 2.11. The highest BCUT2D eigenvalue weighted by Crippen LogP contribution is 2.34. The zero-order chi connectivity index (χ0) is 14.8. The molecule has 1 heterocycles. The summed E-state index contributed by atoms with van der Waals surface area (Å²) in [5, 5.41) is 4.69. The van der Waals surface area contributed by atoms with Gasteiger partial charge in [0.15, 0.2) is 0 Å². The number of rotatable bonds is 3. The number of aromatic nitrogens is 2. The average Bonchev–Trinajstić information content (AvgIpc) is 2.76. The van der Waals surface area contributed by atoms with E-state index in [1.807, 2.05) is 11.7 Å². The molecule has 0 radical (unpaired) electrons. The Bertz CT molecular complexity index is 604. The Balaban J connectivity index is 1.93. The molecule has 0 atom stereocenters. The molecule has 112 valence electrons. The second kappa shape index (κ2) is 5.92. The Morgan fingerprint density at radius 3 is 2.48 bits per heavy atom. The van der Waals surface area contributed by atoms with Crippen molar-refractivity contribution in [2.45, 2.75) is 45.4 Å². The van der Waals surface area contributed by atoms with Gasteiger partial charge in [-0.25, -0.2) is 0 Å². The molecule has 2 aromatic rings. The molecule has 3 heteroatoms. The van der Waals surface area contributed by atoms with Crippen LogP contribution >= 0.6 is 0 Å². The molecule has 3 rings (SSSR count). The van der Waals surface area contributed by atoms with E-state index in [0.717, 1.165) is 23.7 Å². The fourth-order valence-corrected chi connectivity index (χ4v) is 3.44. The molecule has 3 nitrogen and oxygen atoms in total. The Morgan fingerprint density at radius 1 is 1.14 bits per heavy atom. The summed E-state index contributed by atoms with van der Waals surface area (Å²) >= 11 is 0. The molecule has 0 saturated heterocycles. The van der Waals surface area contributed by atoms with Crippen LogP contribution in [0.1, 0.15) is 43.4 Å². The molecule has 0 bridgehead atoms. The van der Waals surface area contributed by atoms with Crippen LogP contribution < -0.4 is 5.73 Å². The van der Waals surface area contributed by atoms with E-state index < -0.39 is 0 Å². The van der Waals surface area contributed by atoms with Gasteiger partial charge in [-0.15, -0.1) is 0 Å². The molecule has 1 saturated carbocycles. The summed E-state index contributed by atoms with van der Waals surface area (Å²) in [6, 6.07) is 8.61. The van der Waals surface area contributed by atoms with Crippen LogP contribution in [-0.2, 0) is 13.5 Å². The van der Waals surface area contributed by atoms with Crippen LogP contribution in [0, 0.1) is 12.8 Å². The largest absolute Gasteiger partial charge is 0.383 e. The summed E-state index contributed by atoms with van der Waals surface area (Å²) in [5.41, 5.74) is 11.1. The van der Waals surface area contributed by atoms with E-state index in [-0.39, 0.29) is 0 Å². The highest BCUT2D eigenvalue weighted by molar-refractivity contribution is 5.76. The predicted octanol–water partition coefficient (Wildman–Crippen LogP) is 4.10. The van der Waals surface area contributed by atoms with Gasteiger partial charge in [0.1, 0.15) is 5.82 Å². The van der Waals surface area contributed by atoms with Gasteiger partial charge in [0.05, 0.1) is 5.69 Å². The number of hydrogen-bond donors (Lipinski definition) is 1. The summed E-state index contributed by atoms with van der Waals surface area (Å²) < 4.78 is 1.83. The molecule has 0 unspecified atom stereocenters. The Labute approximate surface area is 127 Å². The lowest BCUT2D eigenvalue weighted by Crippen LogP contribution is -2.10. The number of nitrogens with two attached hydrogens (primary N) is 1. The van der Waals surface area contributed by atoms with Gasteiger partial charge in [-0.2, -0.15) is 5.10 Å². The van der Waals surface area contributed by atoms with Crippen molar-refractivity contribution in [3.63, 3.8) is 0 Å². The van der Waals surface area contributed by atoms with Crippen molar-refractivity contribution in [3.05, 3.63) is 35.5 Å². The second-order valence-electron chi connectivity index (χ2n) is 6.40. The fourth-order valence-electron chi connectivity index (χ4n) is 3.44. The van der Waals surface area contributed by atoms with Crippen LogP contribution in [0.2, 0.25) is 0 Å². The van der Waals surface area contributed by atoms with Gasteiger partial charge in [0, 0.05) is 12.6 Å². The zero-order valence-electron chi connectivity index (χ0n) is 13.1. The maximum absolute atomic E-state index is 6.28. The topological polar surface area (TPSA) is 43.8 Å². The Hall–Kier alpha value is -1.77. The van der Waals surface area contributed by atoms with E-state index in [4.69, 9.17) is 10.8 Å². The van der Waals surface area contributed by atoms with Crippen molar-refractivity contribution >= 4 is 5.82 Å². The second-order valence-corrected chi connectivity index (χ2v) is 6.40. The molecule has 2 N–H and O–H groups in total. The molecule has 1 aromatic carbocycles. The van der Waals surface area contributed by atoms with Crippen LogP contribution in [0.15, 0.2) is 24.3 Å². The maximum Gasteiger partial charge on any atom is 0.129 e. The van der Waals surface area contributed by atoms with Crippen LogP contribution in [0.4, 0.5) is 5.82 Å². The first kappa shape index (κ1) is 14.2. The van der Waals surface area contributed by atoms with Gasteiger partial charge < -0.3 is 5.73 Å². The van der Waals surface area contributed by atoms with Crippen molar-refractivity contribution in [2.75, 3.05) is 5.73 Å². The number of nitrogen functional groups attached to an aromatic ring is 1. The quantitative estimate of drug-likeness (QED) is 0.921. The molecule has 21 heavy (non-hydrogen) atoms. The van der Waals surface area contributed by atoms with E-state index in [2.05, 4.69) is 31.2 Å². The highest BCUT2D eigenvalue weighted by Gasteiger charge is 2.21. The van der Waals surface area contributed by atoms with E-state index in [9.17, 15) is 0 Å². The molecule has 0 aliphatic heterocycles. The van der Waals surface area contributed by atoms with E-state index in [1.165, 1.54) is 48.9 Å². The fraction of sp³-hybridized carbons (Fsp3) is 0.500. The third kappa shape index (κ3) is 2.97. The third-order valence-corrected chi connectivity index (χ3v) is 4.71. The van der Waals surface area contributed by atoms with Gasteiger partial charge >= 0.3 is 0 Å². The van der Waals surface area contributed by atoms with Gasteiger partial charge in [0.2, 0.25) is 0 Å². The van der Waals surface area contributed by atoms with Gasteiger partial charge in [-0.3, -0.25) is 4.68 Å². The average molecular weight is 283 g/mol. The number of hydrogen-bond acceptors (Lipinski definition) is 2. The third-order valence-electron chi connectivity index (χ3n) is 4.71. The molecule has 0 spiro atoms. The summed E-state index contributed by atoms with van der Waals surface area (Å²) in [5.74, 6) is 1.56. The number of nitrogens with zero attached hydrogens (tertiary/aromatic N) is 2. The van der Waals surface area contributed by atoms with Crippen LogP contribution in [0.25, 0.3) is 11.1 Å². The SMILES string of the molecule is Cc1ccc(-c2c(CC3CCCCC3)nn(C)c2N)cc1. The lowest BCUT2D eigenvalue weighted by atomic mass is 9.85. The summed E-state index contributed by atoms with van der Waals surface area (Å²) in [4.78, 5) is 0. The van der Waals surface area contributed by atoms with E-state index >= 15 is 0 Å². The lowest BCUT2D eigenvalue weighted by Gasteiger charge is -2.21. The molecular formula is C18H25N3. The monoisotopic (exact) mass is 283 g/mol. The molecule has 1 aliphatic carbocycles. The molecule has 1 fully saturated rings. The Kier molecular flexibility index (Phi) is 4.00. The zero-order valence-corrected chi connectivity index (χ0v) is 13.1. The molecule has 0 amide bonds. The molecule has 1 aliphatic rings. The van der Waals surface area contributed by atoms with Crippen molar-refractivity contribution in [3.8, 4) is 11.1 Å². The summed E-state index contributed by atoms with van der Waals surface area (Å²) in [7, 11) is 1.94. The Morgan fingerprint density at radius 2 is 1.81 bits per heavy atom. The molecular weight excluding hydrogens is 258 g/mol. The first-order valence-corrected chi connectivity index (χ1v) is 8.03.